The number of amides is 1. The highest BCUT2D eigenvalue weighted by Gasteiger charge is 2.34. The molecule has 0 spiro atoms. The van der Waals surface area contributed by atoms with Gasteiger partial charge in [0.15, 0.2) is 0 Å². The number of carbonyl (C=O) groups is 2. The molecule has 0 radical (unpaired) electrons. The van der Waals surface area contributed by atoms with E-state index in [1.54, 1.807) is 13.1 Å². The molecular formula is C16H20N2O2. The van der Waals surface area contributed by atoms with Crippen molar-refractivity contribution in [3.8, 4) is 0 Å². The molecule has 1 aromatic carbocycles. The summed E-state index contributed by atoms with van der Waals surface area (Å²) in [5, 5.41) is 0. The Hall–Kier alpha value is -1.84. The molecule has 2 aliphatic rings. The molecule has 1 unspecified atom stereocenters. The van der Waals surface area contributed by atoms with Crippen molar-refractivity contribution in [2.45, 2.75) is 26.2 Å². The fourth-order valence-electron chi connectivity index (χ4n) is 3.27. The lowest BCUT2D eigenvalue weighted by molar-refractivity contribution is -0.114. The Morgan fingerprint density at radius 2 is 2.10 bits per heavy atom. The molecule has 2 aliphatic heterocycles. The van der Waals surface area contributed by atoms with E-state index in [2.05, 4.69) is 11.8 Å². The van der Waals surface area contributed by atoms with Gasteiger partial charge in [-0.15, -0.1) is 0 Å². The van der Waals surface area contributed by atoms with Crippen LogP contribution in [-0.2, 0) is 4.79 Å². The molecule has 20 heavy (non-hydrogen) atoms. The molecule has 2 heterocycles. The molecule has 1 amide bonds. The third-order valence-corrected chi connectivity index (χ3v) is 4.43. The van der Waals surface area contributed by atoms with Crippen LogP contribution < -0.4 is 9.80 Å². The zero-order valence-electron chi connectivity index (χ0n) is 12.1. The number of hydrogen-bond acceptors (Lipinski definition) is 3. The normalized spacial score (nSPS) is 21.8. The summed E-state index contributed by atoms with van der Waals surface area (Å²) in [5.74, 6) is -0.0454. The number of likely N-dealkylation sites (N-methyl/N-ethyl adjacent to an activating group) is 1. The van der Waals surface area contributed by atoms with Crippen molar-refractivity contribution in [2.24, 2.45) is 5.92 Å². The number of rotatable bonds is 3. The minimum atomic E-state index is -0.428. The first-order chi connectivity index (χ1) is 9.61. The summed E-state index contributed by atoms with van der Waals surface area (Å²) >= 11 is 0. The van der Waals surface area contributed by atoms with Crippen molar-refractivity contribution in [3.05, 3.63) is 23.8 Å². The molecule has 3 rings (SSSR count). The van der Waals surface area contributed by atoms with Gasteiger partial charge in [-0.3, -0.25) is 9.59 Å². The van der Waals surface area contributed by atoms with Crippen LogP contribution in [0.15, 0.2) is 18.2 Å². The first-order valence-corrected chi connectivity index (χ1v) is 7.33. The van der Waals surface area contributed by atoms with E-state index in [4.69, 9.17) is 0 Å². The largest absolute Gasteiger partial charge is 0.371 e. The maximum absolute atomic E-state index is 11.8. The molecular weight excluding hydrogens is 252 g/mol. The van der Waals surface area contributed by atoms with Crippen LogP contribution in [0.25, 0.3) is 0 Å². The maximum atomic E-state index is 11.8. The molecule has 4 heteroatoms. The average Bonchev–Trinajstić information content (AvgIpc) is 3.00. The van der Waals surface area contributed by atoms with E-state index in [9.17, 15) is 9.59 Å². The van der Waals surface area contributed by atoms with Gasteiger partial charge in [-0.2, -0.15) is 0 Å². The summed E-state index contributed by atoms with van der Waals surface area (Å²) in [6.45, 7) is 4.37. The van der Waals surface area contributed by atoms with E-state index >= 15 is 0 Å². The second-order valence-corrected chi connectivity index (χ2v) is 5.78. The zero-order chi connectivity index (χ0) is 14.3. The summed E-state index contributed by atoms with van der Waals surface area (Å²) in [6.07, 6.45) is 3.74. The van der Waals surface area contributed by atoms with E-state index < -0.39 is 5.91 Å². The van der Waals surface area contributed by atoms with Crippen molar-refractivity contribution in [1.82, 2.24) is 0 Å². The smallest absolute Gasteiger partial charge is 0.299 e. The summed E-state index contributed by atoms with van der Waals surface area (Å²) < 4.78 is 0. The Morgan fingerprint density at radius 3 is 2.85 bits per heavy atom. The molecule has 0 aliphatic carbocycles. The van der Waals surface area contributed by atoms with Crippen LogP contribution in [0.4, 0.5) is 11.4 Å². The SMILES string of the molecule is CCCC1CCN(c2ccc3c(c2)N(C)C(=O)C3=O)C1. The van der Waals surface area contributed by atoms with Gasteiger partial charge in [0, 0.05) is 25.8 Å². The van der Waals surface area contributed by atoms with Gasteiger partial charge >= 0.3 is 0 Å². The van der Waals surface area contributed by atoms with Crippen molar-refractivity contribution in [1.29, 1.82) is 0 Å². The monoisotopic (exact) mass is 272 g/mol. The van der Waals surface area contributed by atoms with Gasteiger partial charge in [-0.05, 0) is 37.0 Å². The molecule has 1 fully saturated rings. The molecule has 0 N–H and O–H groups in total. The molecule has 0 aromatic heterocycles. The first kappa shape index (κ1) is 13.2. The number of benzene rings is 1. The highest BCUT2D eigenvalue weighted by Crippen LogP contribution is 2.34. The van der Waals surface area contributed by atoms with Crippen molar-refractivity contribution in [2.75, 3.05) is 29.9 Å². The van der Waals surface area contributed by atoms with Gasteiger partial charge in [-0.1, -0.05) is 13.3 Å². The summed E-state index contributed by atoms with van der Waals surface area (Å²) in [4.78, 5) is 27.3. The molecule has 0 saturated carbocycles. The van der Waals surface area contributed by atoms with Crippen molar-refractivity contribution < 1.29 is 9.59 Å². The Morgan fingerprint density at radius 1 is 1.30 bits per heavy atom. The first-order valence-electron chi connectivity index (χ1n) is 7.33. The van der Waals surface area contributed by atoms with E-state index in [1.165, 1.54) is 24.2 Å². The molecule has 1 saturated heterocycles. The van der Waals surface area contributed by atoms with Crippen LogP contribution in [0.3, 0.4) is 0 Å². The lowest BCUT2D eigenvalue weighted by Crippen LogP contribution is -2.25. The van der Waals surface area contributed by atoms with Crippen LogP contribution in [0.5, 0.6) is 0 Å². The van der Waals surface area contributed by atoms with Gasteiger partial charge in [0.1, 0.15) is 0 Å². The number of Topliss-reactive ketones (excluding diaryl/α,β-unsaturated/α-hetero) is 1. The minimum absolute atomic E-state index is 0.390. The summed E-state index contributed by atoms with van der Waals surface area (Å²) in [6, 6.07) is 5.74. The van der Waals surface area contributed by atoms with Gasteiger partial charge in [0.05, 0.1) is 11.3 Å². The van der Waals surface area contributed by atoms with E-state index in [0.717, 1.165) is 30.4 Å². The Bertz CT molecular complexity index is 568. The highest BCUT2D eigenvalue weighted by molar-refractivity contribution is 6.52. The lowest BCUT2D eigenvalue weighted by Gasteiger charge is -2.20. The van der Waals surface area contributed by atoms with Gasteiger partial charge in [0.2, 0.25) is 0 Å². The molecule has 1 atom stereocenters. The molecule has 4 nitrogen and oxygen atoms in total. The molecule has 106 valence electrons. The number of carbonyl (C=O) groups excluding carboxylic acids is 2. The van der Waals surface area contributed by atoms with Crippen LogP contribution >= 0.6 is 0 Å². The predicted molar refractivity (Wildman–Crippen MR) is 79.4 cm³/mol. The van der Waals surface area contributed by atoms with E-state index in [1.807, 2.05) is 12.1 Å². The predicted octanol–water partition coefficient (Wildman–Crippen LogP) is 2.47. The van der Waals surface area contributed by atoms with Crippen LogP contribution in [0, 0.1) is 5.92 Å². The number of anilines is 2. The Kier molecular flexibility index (Phi) is 3.24. The van der Waals surface area contributed by atoms with Crippen LogP contribution in [-0.4, -0.2) is 31.8 Å². The highest BCUT2D eigenvalue weighted by atomic mass is 16.2. The van der Waals surface area contributed by atoms with Gasteiger partial charge in [-0.25, -0.2) is 0 Å². The maximum Gasteiger partial charge on any atom is 0.299 e. The van der Waals surface area contributed by atoms with Crippen LogP contribution in [0.2, 0.25) is 0 Å². The molecule has 1 aromatic rings. The fourth-order valence-corrected chi connectivity index (χ4v) is 3.27. The summed E-state index contributed by atoms with van der Waals surface area (Å²) in [5.41, 5.74) is 2.40. The van der Waals surface area contributed by atoms with Gasteiger partial charge < -0.3 is 9.80 Å². The zero-order valence-corrected chi connectivity index (χ0v) is 12.1. The van der Waals surface area contributed by atoms with E-state index in [0.29, 0.717) is 5.56 Å². The van der Waals surface area contributed by atoms with Gasteiger partial charge in [0.25, 0.3) is 11.7 Å². The fraction of sp³-hybridized carbons (Fsp3) is 0.500. The van der Waals surface area contributed by atoms with Crippen LogP contribution in [0.1, 0.15) is 36.5 Å². The number of fused-ring (bicyclic) bond motifs is 1. The second-order valence-electron chi connectivity index (χ2n) is 5.78. The minimum Gasteiger partial charge on any atom is -0.371 e. The number of hydrogen-bond donors (Lipinski definition) is 0. The average molecular weight is 272 g/mol. The Labute approximate surface area is 119 Å². The molecule has 0 bridgehead atoms. The van der Waals surface area contributed by atoms with Crippen molar-refractivity contribution in [3.63, 3.8) is 0 Å². The third kappa shape index (κ3) is 1.99. The third-order valence-electron chi connectivity index (χ3n) is 4.43. The van der Waals surface area contributed by atoms with E-state index in [-0.39, 0.29) is 5.78 Å². The van der Waals surface area contributed by atoms with Crippen molar-refractivity contribution >= 4 is 23.1 Å². The number of ketones is 1. The second kappa shape index (κ2) is 4.93. The topological polar surface area (TPSA) is 40.6 Å². The Balaban J connectivity index is 1.84. The number of nitrogens with zero attached hydrogens (tertiary/aromatic N) is 2. The standard InChI is InChI=1S/C16H20N2O2/c1-3-4-11-7-8-18(10-11)12-5-6-13-14(9-12)17(2)16(20)15(13)19/h5-6,9,11H,3-4,7-8,10H2,1-2H3. The lowest BCUT2D eigenvalue weighted by atomic mass is 10.0. The quantitative estimate of drug-likeness (QED) is 0.794. The summed E-state index contributed by atoms with van der Waals surface area (Å²) in [7, 11) is 1.67.